The second-order valence-corrected chi connectivity index (χ2v) is 18.2. The predicted octanol–water partition coefficient (Wildman–Crippen LogP) is -2.88. The number of guanidine groups is 1. The van der Waals surface area contributed by atoms with Crippen LogP contribution >= 0.6 is 0 Å². The van der Waals surface area contributed by atoms with Crippen molar-refractivity contribution in [3.8, 4) is 0 Å². The number of carbonyl (C=O) groups is 10. The van der Waals surface area contributed by atoms with Crippen molar-refractivity contribution in [2.24, 2.45) is 22.2 Å². The average molecular weight is 1040 g/mol. The van der Waals surface area contributed by atoms with E-state index in [4.69, 9.17) is 17.2 Å². The summed E-state index contributed by atoms with van der Waals surface area (Å²) in [7, 11) is 0. The molecule has 3 heterocycles. The smallest absolute Gasteiger partial charge is 0.245 e. The first-order chi connectivity index (χ1) is 35.9. The Kier molecular flexibility index (Phi) is 21.9. The first-order valence-corrected chi connectivity index (χ1v) is 24.7. The lowest BCUT2D eigenvalue weighted by Crippen LogP contribution is -2.62. The Balaban J connectivity index is 1.51. The van der Waals surface area contributed by atoms with Crippen molar-refractivity contribution in [3.63, 3.8) is 0 Å². The van der Waals surface area contributed by atoms with Crippen LogP contribution in [0.1, 0.15) is 82.9 Å². The summed E-state index contributed by atoms with van der Waals surface area (Å²) >= 11 is 0. The quantitative estimate of drug-likeness (QED) is 0.0327. The van der Waals surface area contributed by atoms with Crippen LogP contribution in [0.4, 0.5) is 0 Å². The number of hydrogen-bond donors (Lipinski definition) is 14. The van der Waals surface area contributed by atoms with Gasteiger partial charge >= 0.3 is 0 Å². The molecule has 0 unspecified atom stereocenters. The molecule has 1 aromatic carbocycles. The number of primary amides is 1. The summed E-state index contributed by atoms with van der Waals surface area (Å²) in [5.74, 6) is -8.39. The monoisotopic (exact) mass is 1040 g/mol. The molecule has 3 aromatic rings. The standard InChI is InChI=1S/C49H68N16O10/c1-3-4-13-33(59-27(2)66)43(70)64-39-25-57-41(68)17-16-40(67)56-24-38(47(74)61-35(42(50)69)20-29-22-55-32-14-8-7-12-31(29)32)65-44(71)34(15-9-18-54-49(51)52)60-45(72)36(19-28-10-5-6-11-28)62-46(73)37(63-48(39)75)21-30-23-53-26-58-30/h5-8,10,12,14,22-23,26,33-39,55H,3-4,9,11,13,15-21,24-25H2,1-2H3,(H2,50,69)(H,53,58)(H,56,67)(H,57,68)(H,59,66)(H,60,72)(H,61,74)(H,62,73)(H,63,75)(H,64,70)(H,65,71)(H4,51,52,54)/t33-,34-,35-,36+,37-,38-,39-/m0/s1. The van der Waals surface area contributed by atoms with Gasteiger partial charge in [0.25, 0.3) is 0 Å². The molecule has 10 amide bonds. The summed E-state index contributed by atoms with van der Waals surface area (Å²) in [6, 6.07) is -2.56. The third-order valence-electron chi connectivity index (χ3n) is 12.3. The number of imidazole rings is 1. The number of H-pyrrole nitrogens is 2. The molecule has 2 aromatic heterocycles. The minimum absolute atomic E-state index is 0.0193. The maximum absolute atomic E-state index is 14.6. The van der Waals surface area contributed by atoms with Gasteiger partial charge in [-0.25, -0.2) is 4.98 Å². The fourth-order valence-electron chi connectivity index (χ4n) is 8.27. The van der Waals surface area contributed by atoms with Gasteiger partial charge in [-0.1, -0.05) is 61.8 Å². The van der Waals surface area contributed by atoms with E-state index in [0.717, 1.165) is 16.5 Å². The summed E-state index contributed by atoms with van der Waals surface area (Å²) < 4.78 is 0. The number of carbonyl (C=O) groups excluding carboxylic acids is 10. The Labute approximate surface area is 432 Å². The number of nitrogens with two attached hydrogens (primary N) is 3. The molecule has 17 N–H and O–H groups in total. The molecule has 0 radical (unpaired) electrons. The molecular weight excluding hydrogens is 973 g/mol. The summed E-state index contributed by atoms with van der Waals surface area (Å²) in [4.78, 5) is 151. The van der Waals surface area contributed by atoms with E-state index in [-0.39, 0.29) is 51.0 Å². The van der Waals surface area contributed by atoms with E-state index in [9.17, 15) is 47.9 Å². The fourth-order valence-corrected chi connectivity index (χ4v) is 8.27. The summed E-state index contributed by atoms with van der Waals surface area (Å²) in [5, 5.41) is 24.2. The average Bonchev–Trinajstić information content (AvgIpc) is 4.18. The number of unbranched alkanes of at least 4 members (excludes halogenated alkanes) is 1. The van der Waals surface area contributed by atoms with Crippen molar-refractivity contribution in [3.05, 3.63) is 78.0 Å². The highest BCUT2D eigenvalue weighted by molar-refractivity contribution is 5.98. The number of hydrogen-bond acceptors (Lipinski definition) is 12. The highest BCUT2D eigenvalue weighted by atomic mass is 16.2. The van der Waals surface area contributed by atoms with Crippen molar-refractivity contribution in [2.75, 3.05) is 19.6 Å². The highest BCUT2D eigenvalue weighted by Crippen LogP contribution is 2.20. The van der Waals surface area contributed by atoms with Crippen LogP contribution in [0, 0.1) is 0 Å². The van der Waals surface area contributed by atoms with Crippen LogP contribution in [0.15, 0.2) is 71.8 Å². The fraction of sp³-hybridized carbons (Fsp3) is 0.469. The Morgan fingerprint density at radius 2 is 1.48 bits per heavy atom. The van der Waals surface area contributed by atoms with Gasteiger partial charge in [0, 0.05) is 81.2 Å². The van der Waals surface area contributed by atoms with Crippen LogP contribution in [0.2, 0.25) is 0 Å². The Hall–Kier alpha value is -8.58. The van der Waals surface area contributed by atoms with Gasteiger partial charge in [0.15, 0.2) is 5.96 Å². The van der Waals surface area contributed by atoms with Crippen molar-refractivity contribution in [2.45, 2.75) is 127 Å². The largest absolute Gasteiger partial charge is 0.370 e. The maximum atomic E-state index is 14.6. The van der Waals surface area contributed by atoms with Crippen molar-refractivity contribution in [1.82, 2.24) is 62.8 Å². The van der Waals surface area contributed by atoms with Gasteiger partial charge < -0.3 is 75.0 Å². The molecule has 0 spiro atoms. The number of rotatable bonds is 19. The third-order valence-corrected chi connectivity index (χ3v) is 12.3. The Morgan fingerprint density at radius 1 is 0.800 bits per heavy atom. The molecule has 0 bridgehead atoms. The Bertz CT molecular complexity index is 2620. The van der Waals surface area contributed by atoms with E-state index in [1.165, 1.54) is 19.4 Å². The van der Waals surface area contributed by atoms with Gasteiger partial charge in [-0.3, -0.25) is 52.9 Å². The Morgan fingerprint density at radius 3 is 2.13 bits per heavy atom. The van der Waals surface area contributed by atoms with E-state index in [0.29, 0.717) is 30.5 Å². The molecular formula is C49H68N16O10. The van der Waals surface area contributed by atoms with E-state index >= 15 is 0 Å². The number of nitrogens with one attached hydrogen (secondary N) is 11. The molecule has 0 saturated carbocycles. The lowest BCUT2D eigenvalue weighted by atomic mass is 10.0. The molecule has 26 nitrogen and oxygen atoms in total. The number of aromatic amines is 2. The van der Waals surface area contributed by atoms with Gasteiger partial charge in [0.1, 0.15) is 42.3 Å². The van der Waals surface area contributed by atoms with Crippen molar-refractivity contribution in [1.29, 1.82) is 0 Å². The number of allylic oxidation sites excluding steroid dienone is 3. The molecule has 2 aliphatic rings. The minimum Gasteiger partial charge on any atom is -0.370 e. The van der Waals surface area contributed by atoms with Gasteiger partial charge in [0.2, 0.25) is 59.1 Å². The van der Waals surface area contributed by atoms with Crippen molar-refractivity contribution >= 4 is 75.9 Å². The zero-order chi connectivity index (χ0) is 54.4. The summed E-state index contributed by atoms with van der Waals surface area (Å²) in [6.45, 7) is 2.02. The number of fused-ring (bicyclic) bond motifs is 1. The summed E-state index contributed by atoms with van der Waals surface area (Å²) in [5.41, 5.74) is 19.4. The molecule has 75 heavy (non-hydrogen) atoms. The molecule has 5 rings (SSSR count). The number of para-hydroxylation sites is 1. The topological polar surface area (TPSA) is 414 Å². The normalized spacial score (nSPS) is 21.0. The van der Waals surface area contributed by atoms with Gasteiger partial charge in [-0.15, -0.1) is 0 Å². The minimum atomic E-state index is -1.61. The summed E-state index contributed by atoms with van der Waals surface area (Å²) in [6.07, 6.45) is 10.4. The maximum Gasteiger partial charge on any atom is 0.245 e. The predicted molar refractivity (Wildman–Crippen MR) is 274 cm³/mol. The number of aliphatic imine (C=N–C) groups is 1. The molecule has 7 atom stereocenters. The van der Waals surface area contributed by atoms with Crippen LogP contribution in [0.5, 0.6) is 0 Å². The molecule has 26 heteroatoms. The number of benzene rings is 1. The first-order valence-electron chi connectivity index (χ1n) is 24.7. The van der Waals surface area contributed by atoms with Crippen molar-refractivity contribution < 1.29 is 47.9 Å². The van der Waals surface area contributed by atoms with E-state index in [1.54, 1.807) is 24.4 Å². The SMILES string of the molecule is CCCC[C@H](NC(C)=O)C(=O)N[C@H]1CNC(=O)CCC(=O)NC[C@@H](C(=O)N[C@@H](Cc2c[nH]c3ccccc23)C(N)=O)NC(=O)[C@H](CCCN=C(N)N)NC(=O)[C@@H](CC2=CC=CC2)NC(=O)[C@H](Cc2cnc[nH]2)NC1=O. The second kappa shape index (κ2) is 28.6. The van der Waals surface area contributed by atoms with E-state index in [1.807, 2.05) is 31.2 Å². The van der Waals surface area contributed by atoms with Crippen LogP contribution in [-0.2, 0) is 60.8 Å². The van der Waals surface area contributed by atoms with E-state index in [2.05, 4.69) is 67.8 Å². The lowest BCUT2D eigenvalue weighted by molar-refractivity contribution is -0.135. The van der Waals surface area contributed by atoms with Gasteiger partial charge in [-0.05, 0) is 43.7 Å². The van der Waals surface area contributed by atoms with E-state index < -0.39 is 127 Å². The first kappa shape index (κ1) is 57.3. The van der Waals surface area contributed by atoms with Crippen LogP contribution in [-0.4, -0.2) is 142 Å². The highest BCUT2D eigenvalue weighted by Gasteiger charge is 2.35. The second-order valence-electron chi connectivity index (χ2n) is 18.2. The number of aromatic nitrogens is 3. The van der Waals surface area contributed by atoms with Crippen LogP contribution in [0.3, 0.4) is 0 Å². The molecule has 1 aliphatic heterocycles. The third kappa shape index (κ3) is 18.5. The number of nitrogens with zero attached hydrogens (tertiary/aromatic N) is 2. The van der Waals surface area contributed by atoms with Gasteiger partial charge in [-0.2, -0.15) is 0 Å². The lowest BCUT2D eigenvalue weighted by Gasteiger charge is -2.28. The zero-order valence-corrected chi connectivity index (χ0v) is 41.9. The zero-order valence-electron chi connectivity index (χ0n) is 41.9. The van der Waals surface area contributed by atoms with Gasteiger partial charge in [0.05, 0.1) is 6.33 Å². The molecule has 1 saturated heterocycles. The number of amides is 10. The molecule has 1 fully saturated rings. The van der Waals surface area contributed by atoms with Crippen LogP contribution in [0.25, 0.3) is 10.9 Å². The molecule has 1 aliphatic carbocycles. The molecule has 404 valence electrons. The van der Waals surface area contributed by atoms with Crippen LogP contribution < -0.4 is 65.1 Å².